The van der Waals surface area contributed by atoms with E-state index in [1.165, 1.54) is 64.3 Å². The Hall–Kier alpha value is 0.0969. The standard InChI is InChI=1S/C23H47NO2Si/c1-23(2,3)27(5,6)26-17-13-11-9-7-8-10-12-16-24(4)22-19-14-15-20(22)21(25)18-19/h19-22,25H,7-18H2,1-6H3. The number of hydrogen-bond donors (Lipinski definition) is 1. The molecule has 0 saturated heterocycles. The van der Waals surface area contributed by atoms with Gasteiger partial charge < -0.3 is 14.4 Å². The molecular formula is C23H47NO2Si. The van der Waals surface area contributed by atoms with Crippen molar-refractivity contribution in [2.45, 2.75) is 115 Å². The maximum absolute atomic E-state index is 10.1. The topological polar surface area (TPSA) is 32.7 Å². The van der Waals surface area contributed by atoms with Crippen molar-refractivity contribution in [1.82, 2.24) is 4.90 Å². The van der Waals surface area contributed by atoms with Crippen molar-refractivity contribution in [1.29, 1.82) is 0 Å². The van der Waals surface area contributed by atoms with Crippen LogP contribution in [0.2, 0.25) is 18.1 Å². The largest absolute Gasteiger partial charge is 0.417 e. The second-order valence-corrected chi connectivity index (χ2v) is 15.7. The molecule has 0 spiro atoms. The Bertz CT molecular complexity index is 435. The minimum atomic E-state index is -1.54. The van der Waals surface area contributed by atoms with Crippen LogP contribution in [0, 0.1) is 11.8 Å². The lowest BCUT2D eigenvalue weighted by Gasteiger charge is -2.36. The molecule has 0 aromatic heterocycles. The predicted molar refractivity (Wildman–Crippen MR) is 119 cm³/mol. The molecule has 2 saturated carbocycles. The fraction of sp³-hybridized carbons (Fsp3) is 1.00. The van der Waals surface area contributed by atoms with Gasteiger partial charge in [0.1, 0.15) is 0 Å². The minimum Gasteiger partial charge on any atom is -0.417 e. The van der Waals surface area contributed by atoms with E-state index >= 15 is 0 Å². The summed E-state index contributed by atoms with van der Waals surface area (Å²) in [5, 5.41) is 10.4. The van der Waals surface area contributed by atoms with Gasteiger partial charge in [0.25, 0.3) is 0 Å². The molecule has 0 aliphatic heterocycles. The number of aliphatic hydroxyl groups excluding tert-OH is 1. The summed E-state index contributed by atoms with van der Waals surface area (Å²) in [5.41, 5.74) is 0. The molecule has 0 heterocycles. The first-order valence-corrected chi connectivity index (χ1v) is 14.6. The molecule has 0 radical (unpaired) electrons. The Morgan fingerprint density at radius 3 is 2.07 bits per heavy atom. The zero-order valence-electron chi connectivity index (χ0n) is 19.1. The van der Waals surface area contributed by atoms with Gasteiger partial charge >= 0.3 is 0 Å². The Morgan fingerprint density at radius 2 is 1.56 bits per heavy atom. The lowest BCUT2D eigenvalue weighted by molar-refractivity contribution is 0.0956. The molecular weight excluding hydrogens is 350 g/mol. The molecule has 4 atom stereocenters. The molecule has 160 valence electrons. The van der Waals surface area contributed by atoms with Crippen LogP contribution in [0.1, 0.15) is 85.0 Å². The van der Waals surface area contributed by atoms with E-state index < -0.39 is 8.32 Å². The summed E-state index contributed by atoms with van der Waals surface area (Å²) in [4.78, 5) is 2.57. The smallest absolute Gasteiger partial charge is 0.191 e. The van der Waals surface area contributed by atoms with Crippen molar-refractivity contribution in [2.75, 3.05) is 20.2 Å². The van der Waals surface area contributed by atoms with Crippen LogP contribution in [-0.2, 0) is 4.43 Å². The Kier molecular flexibility index (Phi) is 8.85. The number of nitrogens with zero attached hydrogens (tertiary/aromatic N) is 1. The predicted octanol–water partition coefficient (Wildman–Crippen LogP) is 5.83. The van der Waals surface area contributed by atoms with E-state index in [0.29, 0.717) is 17.0 Å². The third-order valence-corrected chi connectivity index (χ3v) is 12.3. The van der Waals surface area contributed by atoms with Crippen LogP contribution in [0.15, 0.2) is 0 Å². The van der Waals surface area contributed by atoms with Crippen molar-refractivity contribution >= 4 is 8.32 Å². The molecule has 0 aromatic carbocycles. The molecule has 4 heteroatoms. The second-order valence-electron chi connectivity index (χ2n) is 10.9. The quantitative estimate of drug-likeness (QED) is 0.332. The second kappa shape index (κ2) is 10.2. The van der Waals surface area contributed by atoms with Gasteiger partial charge in [-0.2, -0.15) is 0 Å². The lowest BCUT2D eigenvalue weighted by Crippen LogP contribution is -2.40. The summed E-state index contributed by atoms with van der Waals surface area (Å²) < 4.78 is 6.26. The molecule has 4 unspecified atom stereocenters. The van der Waals surface area contributed by atoms with E-state index in [1.54, 1.807) is 0 Å². The zero-order valence-corrected chi connectivity index (χ0v) is 20.1. The normalized spacial score (nSPS) is 28.4. The van der Waals surface area contributed by atoms with Crippen LogP contribution in [0.3, 0.4) is 0 Å². The molecule has 2 aliphatic rings. The molecule has 1 N–H and O–H groups in total. The van der Waals surface area contributed by atoms with E-state index in [4.69, 9.17) is 4.43 Å². The number of unbranched alkanes of at least 4 members (excludes halogenated alkanes) is 6. The highest BCUT2D eigenvalue weighted by atomic mass is 28.4. The first-order valence-electron chi connectivity index (χ1n) is 11.7. The van der Waals surface area contributed by atoms with Crippen LogP contribution in [-0.4, -0.2) is 50.7 Å². The summed E-state index contributed by atoms with van der Waals surface area (Å²) >= 11 is 0. The SMILES string of the molecule is CN(CCCCCCCCCO[Si](C)(C)C(C)(C)C)C1C2CCC1C(O)C2. The molecule has 2 fully saturated rings. The molecule has 3 nitrogen and oxygen atoms in total. The minimum absolute atomic E-state index is 0.0168. The lowest BCUT2D eigenvalue weighted by atomic mass is 9.98. The van der Waals surface area contributed by atoms with E-state index in [-0.39, 0.29) is 6.10 Å². The van der Waals surface area contributed by atoms with Crippen LogP contribution in [0.25, 0.3) is 0 Å². The van der Waals surface area contributed by atoms with E-state index in [0.717, 1.165) is 18.9 Å². The van der Waals surface area contributed by atoms with Gasteiger partial charge in [-0.25, -0.2) is 0 Å². The maximum atomic E-state index is 10.1. The molecule has 27 heavy (non-hydrogen) atoms. The molecule has 2 bridgehead atoms. The van der Waals surface area contributed by atoms with Gasteiger partial charge in [0.05, 0.1) is 6.10 Å². The highest BCUT2D eigenvalue weighted by Crippen LogP contribution is 2.47. The summed E-state index contributed by atoms with van der Waals surface area (Å²) in [5.74, 6) is 1.33. The molecule has 0 amide bonds. The van der Waals surface area contributed by atoms with Crippen molar-refractivity contribution in [3.05, 3.63) is 0 Å². The Balaban J connectivity index is 1.43. The van der Waals surface area contributed by atoms with Crippen molar-refractivity contribution in [2.24, 2.45) is 11.8 Å². The summed E-state index contributed by atoms with van der Waals surface area (Å²) in [6.07, 6.45) is 12.9. The summed E-state index contributed by atoms with van der Waals surface area (Å²) in [6.45, 7) is 13.8. The molecule has 2 aliphatic carbocycles. The van der Waals surface area contributed by atoms with Crippen molar-refractivity contribution in [3.8, 4) is 0 Å². The van der Waals surface area contributed by atoms with Gasteiger partial charge in [0, 0.05) is 18.6 Å². The third-order valence-electron chi connectivity index (χ3n) is 7.76. The number of rotatable bonds is 12. The Morgan fingerprint density at radius 1 is 0.963 bits per heavy atom. The van der Waals surface area contributed by atoms with Gasteiger partial charge in [-0.3, -0.25) is 0 Å². The summed E-state index contributed by atoms with van der Waals surface area (Å²) in [7, 11) is 0.745. The number of hydrogen-bond acceptors (Lipinski definition) is 3. The van der Waals surface area contributed by atoms with Crippen LogP contribution < -0.4 is 0 Å². The zero-order chi connectivity index (χ0) is 20.1. The van der Waals surface area contributed by atoms with Crippen LogP contribution in [0.5, 0.6) is 0 Å². The van der Waals surface area contributed by atoms with E-state index in [1.807, 2.05) is 0 Å². The Labute approximate surface area is 170 Å². The summed E-state index contributed by atoms with van der Waals surface area (Å²) in [6, 6.07) is 0.667. The molecule has 2 rings (SSSR count). The van der Waals surface area contributed by atoms with E-state index in [9.17, 15) is 5.11 Å². The van der Waals surface area contributed by atoms with Gasteiger partial charge in [-0.05, 0) is 69.7 Å². The monoisotopic (exact) mass is 397 g/mol. The van der Waals surface area contributed by atoms with Crippen LogP contribution in [0.4, 0.5) is 0 Å². The first kappa shape index (κ1) is 23.4. The average molecular weight is 398 g/mol. The average Bonchev–Trinajstić information content (AvgIpc) is 3.12. The number of aliphatic hydroxyl groups is 1. The third kappa shape index (κ3) is 6.55. The molecule has 0 aromatic rings. The van der Waals surface area contributed by atoms with Crippen LogP contribution >= 0.6 is 0 Å². The highest BCUT2D eigenvalue weighted by molar-refractivity contribution is 6.74. The number of fused-ring (bicyclic) bond motifs is 2. The van der Waals surface area contributed by atoms with E-state index in [2.05, 4.69) is 45.8 Å². The highest BCUT2D eigenvalue weighted by Gasteiger charge is 2.48. The first-order chi connectivity index (χ1) is 12.6. The fourth-order valence-electron chi connectivity index (χ4n) is 4.99. The van der Waals surface area contributed by atoms with Crippen molar-refractivity contribution < 1.29 is 9.53 Å². The van der Waals surface area contributed by atoms with Crippen molar-refractivity contribution in [3.63, 3.8) is 0 Å². The van der Waals surface area contributed by atoms with Gasteiger partial charge in [-0.15, -0.1) is 0 Å². The maximum Gasteiger partial charge on any atom is 0.191 e. The van der Waals surface area contributed by atoms with Gasteiger partial charge in [0.2, 0.25) is 0 Å². The van der Waals surface area contributed by atoms with Gasteiger partial charge in [-0.1, -0.05) is 52.9 Å². The van der Waals surface area contributed by atoms with Gasteiger partial charge in [0.15, 0.2) is 8.32 Å². The fourth-order valence-corrected chi connectivity index (χ4v) is 6.07.